The molecule has 0 saturated carbocycles. The molecule has 0 bridgehead atoms. The second kappa shape index (κ2) is 10.7. The molecule has 6 nitrogen and oxygen atoms in total. The molecule has 0 spiro atoms. The number of halogens is 4. The Morgan fingerprint density at radius 1 is 1.03 bits per heavy atom. The summed E-state index contributed by atoms with van der Waals surface area (Å²) in [6.45, 7) is 3.80. The van der Waals surface area contributed by atoms with E-state index in [0.717, 1.165) is 22.7 Å². The van der Waals surface area contributed by atoms with Gasteiger partial charge < -0.3 is 14.4 Å². The van der Waals surface area contributed by atoms with Gasteiger partial charge >= 0.3 is 22.3 Å². The van der Waals surface area contributed by atoms with Gasteiger partial charge in [-0.3, -0.25) is 0 Å². The lowest BCUT2D eigenvalue weighted by Crippen LogP contribution is -2.39. The molecule has 3 rings (SSSR count). The number of anilines is 1. The van der Waals surface area contributed by atoms with E-state index >= 15 is 0 Å². The van der Waals surface area contributed by atoms with Gasteiger partial charge in [0.15, 0.2) is 0 Å². The second-order valence-corrected chi connectivity index (χ2v) is 10.3. The van der Waals surface area contributed by atoms with Gasteiger partial charge in [-0.15, -0.1) is 0 Å². The Labute approximate surface area is 210 Å². The molecule has 2 amide bonds. The van der Waals surface area contributed by atoms with E-state index < -0.39 is 26.8 Å². The zero-order chi connectivity index (χ0) is 25.8. The van der Waals surface area contributed by atoms with E-state index in [1.54, 1.807) is 29.2 Å². The predicted molar refractivity (Wildman–Crippen MR) is 130 cm³/mol. The third-order valence-corrected chi connectivity index (χ3v) is 6.60. The number of benzene rings is 3. The van der Waals surface area contributed by atoms with Crippen LogP contribution in [0, 0.1) is 0 Å². The summed E-state index contributed by atoms with van der Waals surface area (Å²) in [5.41, 5.74) is 0.0686. The van der Waals surface area contributed by atoms with Crippen molar-refractivity contribution in [1.82, 2.24) is 4.90 Å². The summed E-state index contributed by atoms with van der Waals surface area (Å²) < 4.78 is 70.0. The van der Waals surface area contributed by atoms with Crippen molar-refractivity contribution < 1.29 is 30.6 Å². The fourth-order valence-electron chi connectivity index (χ4n) is 3.15. The Morgan fingerprint density at radius 2 is 1.71 bits per heavy atom. The van der Waals surface area contributed by atoms with Crippen molar-refractivity contribution in [2.24, 2.45) is 0 Å². The van der Waals surface area contributed by atoms with E-state index in [0.29, 0.717) is 17.3 Å². The van der Waals surface area contributed by atoms with Gasteiger partial charge in [-0.1, -0.05) is 40.2 Å². The highest BCUT2D eigenvalue weighted by atomic mass is 79.9. The van der Waals surface area contributed by atoms with Crippen LogP contribution in [-0.2, 0) is 22.8 Å². The van der Waals surface area contributed by atoms with Crippen molar-refractivity contribution in [1.29, 1.82) is 0 Å². The van der Waals surface area contributed by atoms with Crippen LogP contribution < -0.4 is 9.50 Å². The highest BCUT2D eigenvalue weighted by Crippen LogP contribution is 2.31. The normalized spacial score (nSPS) is 11.9. The molecule has 11 heteroatoms. The van der Waals surface area contributed by atoms with Gasteiger partial charge in [0, 0.05) is 22.7 Å². The molecule has 0 aromatic heterocycles. The molecule has 35 heavy (non-hydrogen) atoms. The molecule has 0 aliphatic heterocycles. The van der Waals surface area contributed by atoms with Gasteiger partial charge in [-0.05, 0) is 67.9 Å². The number of nitrogens with one attached hydrogen (secondary N) is 1. The summed E-state index contributed by atoms with van der Waals surface area (Å²) in [7, 11) is -4.52. The van der Waals surface area contributed by atoms with E-state index in [1.807, 2.05) is 19.9 Å². The van der Waals surface area contributed by atoms with Crippen molar-refractivity contribution in [2.45, 2.75) is 37.5 Å². The Balaban J connectivity index is 1.78. The molecule has 0 unspecified atom stereocenters. The van der Waals surface area contributed by atoms with Gasteiger partial charge in [0.25, 0.3) is 0 Å². The molecular formula is C24H22BrF3N2O4S. The summed E-state index contributed by atoms with van der Waals surface area (Å²) in [6, 6.07) is 15.9. The van der Waals surface area contributed by atoms with Crippen LogP contribution >= 0.6 is 15.9 Å². The lowest BCUT2D eigenvalue weighted by molar-refractivity contribution is -0.137. The minimum absolute atomic E-state index is 0.0870. The van der Waals surface area contributed by atoms with Crippen molar-refractivity contribution in [3.8, 4) is 5.75 Å². The number of hydrogen-bond acceptors (Lipinski definition) is 4. The van der Waals surface area contributed by atoms with Crippen molar-refractivity contribution in [3.05, 3.63) is 88.4 Å². The average Bonchev–Trinajstić information content (AvgIpc) is 2.77. The quantitative estimate of drug-likeness (QED) is 0.321. The topological polar surface area (TPSA) is 75.7 Å². The van der Waals surface area contributed by atoms with Gasteiger partial charge in [-0.2, -0.15) is 21.6 Å². The summed E-state index contributed by atoms with van der Waals surface area (Å²) >= 11 is 3.35. The first-order chi connectivity index (χ1) is 16.3. The van der Waals surface area contributed by atoms with Gasteiger partial charge in [-0.25, -0.2) is 4.79 Å². The SMILES string of the molecule is CC(C)N(Cc1cccc(OS(=O)(=O)c2cccc(C(F)(F)F)c2)c1)C(=O)Nc1cccc(Br)c1. The third kappa shape index (κ3) is 7.22. The zero-order valence-electron chi connectivity index (χ0n) is 18.7. The Kier molecular flexibility index (Phi) is 8.11. The molecule has 186 valence electrons. The average molecular weight is 571 g/mol. The molecule has 0 fully saturated rings. The Morgan fingerprint density at radius 3 is 2.37 bits per heavy atom. The van der Waals surface area contributed by atoms with Crippen LogP contribution in [0.15, 0.2) is 82.2 Å². The number of carbonyl (C=O) groups excluding carboxylic acids is 1. The van der Waals surface area contributed by atoms with Crippen LogP contribution in [0.2, 0.25) is 0 Å². The number of alkyl halides is 3. The van der Waals surface area contributed by atoms with E-state index in [9.17, 15) is 26.4 Å². The number of carbonyl (C=O) groups is 1. The van der Waals surface area contributed by atoms with Gasteiger partial charge in [0.1, 0.15) is 10.6 Å². The minimum Gasteiger partial charge on any atom is -0.379 e. The molecule has 0 saturated heterocycles. The molecule has 0 radical (unpaired) electrons. The Hall–Kier alpha value is -3.05. The first-order valence-corrected chi connectivity index (χ1v) is 12.6. The summed E-state index contributed by atoms with van der Waals surface area (Å²) in [5, 5.41) is 2.81. The zero-order valence-corrected chi connectivity index (χ0v) is 21.1. The summed E-state index contributed by atoms with van der Waals surface area (Å²) in [5.74, 6) is -0.0870. The summed E-state index contributed by atoms with van der Waals surface area (Å²) in [6.07, 6.45) is -4.69. The summed E-state index contributed by atoms with van der Waals surface area (Å²) in [4.78, 5) is 13.8. The highest BCUT2D eigenvalue weighted by Gasteiger charge is 2.32. The van der Waals surface area contributed by atoms with E-state index in [1.165, 1.54) is 18.2 Å². The number of amides is 2. The third-order valence-electron chi connectivity index (χ3n) is 4.87. The maximum absolute atomic E-state index is 13.0. The highest BCUT2D eigenvalue weighted by molar-refractivity contribution is 9.10. The smallest absolute Gasteiger partial charge is 0.379 e. The lowest BCUT2D eigenvalue weighted by Gasteiger charge is -2.27. The van der Waals surface area contributed by atoms with E-state index in [4.69, 9.17) is 4.18 Å². The fraction of sp³-hybridized carbons (Fsp3) is 0.208. The van der Waals surface area contributed by atoms with Crippen LogP contribution in [0.3, 0.4) is 0 Å². The van der Waals surface area contributed by atoms with Crippen LogP contribution in [0.5, 0.6) is 5.75 Å². The van der Waals surface area contributed by atoms with Crippen LogP contribution in [0.25, 0.3) is 0 Å². The van der Waals surface area contributed by atoms with Crippen LogP contribution in [-0.4, -0.2) is 25.4 Å². The minimum atomic E-state index is -4.69. The first-order valence-electron chi connectivity index (χ1n) is 10.4. The molecule has 0 heterocycles. The lowest BCUT2D eigenvalue weighted by atomic mass is 10.2. The second-order valence-electron chi connectivity index (χ2n) is 7.87. The van der Waals surface area contributed by atoms with Crippen LogP contribution in [0.4, 0.5) is 23.7 Å². The van der Waals surface area contributed by atoms with Gasteiger partial charge in [0.2, 0.25) is 0 Å². The number of urea groups is 1. The number of rotatable bonds is 7. The maximum Gasteiger partial charge on any atom is 0.416 e. The fourth-order valence-corrected chi connectivity index (χ4v) is 4.51. The molecular weight excluding hydrogens is 549 g/mol. The van der Waals surface area contributed by atoms with Crippen molar-refractivity contribution in [2.75, 3.05) is 5.32 Å². The molecule has 0 aliphatic carbocycles. The number of hydrogen-bond donors (Lipinski definition) is 1. The number of nitrogens with zero attached hydrogens (tertiary/aromatic N) is 1. The van der Waals surface area contributed by atoms with Crippen molar-refractivity contribution in [3.63, 3.8) is 0 Å². The molecule has 3 aromatic carbocycles. The van der Waals surface area contributed by atoms with E-state index in [-0.39, 0.29) is 24.4 Å². The predicted octanol–water partition coefficient (Wildman–Crippen LogP) is 6.68. The molecule has 0 atom stereocenters. The largest absolute Gasteiger partial charge is 0.416 e. The first kappa shape index (κ1) is 26.6. The monoisotopic (exact) mass is 570 g/mol. The van der Waals surface area contributed by atoms with Crippen LogP contribution in [0.1, 0.15) is 25.0 Å². The van der Waals surface area contributed by atoms with Gasteiger partial charge in [0.05, 0.1) is 5.56 Å². The molecule has 3 aromatic rings. The molecule has 0 aliphatic rings. The Bertz CT molecular complexity index is 1310. The standard InChI is InChI=1S/C24H22BrF3N2O4S/c1-16(2)30(23(31)29-20-9-5-8-19(25)14-20)15-17-6-3-10-21(12-17)34-35(32,33)22-11-4-7-18(13-22)24(26,27)28/h3-14,16H,15H2,1-2H3,(H,29,31). The molecule has 1 N–H and O–H groups in total. The van der Waals surface area contributed by atoms with E-state index in [2.05, 4.69) is 21.2 Å². The van der Waals surface area contributed by atoms with Crippen molar-refractivity contribution >= 4 is 37.8 Å². The maximum atomic E-state index is 13.0.